The van der Waals surface area contributed by atoms with Crippen LogP contribution in [0.5, 0.6) is 0 Å². The summed E-state index contributed by atoms with van der Waals surface area (Å²) >= 11 is 3.36. The standard InChI is InChI=1S/C16H22BrNO2/c17-14-9-7-13(8-10-14)16(19)18-11-4-12-20-15-5-2-1-3-6-15/h7-10,15H,1-6,11-12H2,(H,18,19). The normalized spacial score (nSPS) is 16.1. The van der Waals surface area contributed by atoms with Gasteiger partial charge in [-0.05, 0) is 43.5 Å². The number of ether oxygens (including phenoxy) is 1. The van der Waals surface area contributed by atoms with Gasteiger partial charge in [0.05, 0.1) is 6.10 Å². The van der Waals surface area contributed by atoms with E-state index >= 15 is 0 Å². The monoisotopic (exact) mass is 339 g/mol. The summed E-state index contributed by atoms with van der Waals surface area (Å²) in [6.45, 7) is 1.41. The fraction of sp³-hybridized carbons (Fsp3) is 0.562. The lowest BCUT2D eigenvalue weighted by molar-refractivity contribution is 0.0273. The molecule has 0 atom stereocenters. The highest BCUT2D eigenvalue weighted by Crippen LogP contribution is 2.20. The van der Waals surface area contributed by atoms with Crippen molar-refractivity contribution in [3.63, 3.8) is 0 Å². The number of benzene rings is 1. The van der Waals surface area contributed by atoms with Crippen molar-refractivity contribution in [1.29, 1.82) is 0 Å². The molecule has 0 radical (unpaired) electrons. The van der Waals surface area contributed by atoms with E-state index < -0.39 is 0 Å². The van der Waals surface area contributed by atoms with Gasteiger partial charge in [-0.1, -0.05) is 35.2 Å². The third-order valence-corrected chi connectivity index (χ3v) is 4.15. The van der Waals surface area contributed by atoms with Crippen LogP contribution in [0.15, 0.2) is 28.7 Å². The van der Waals surface area contributed by atoms with Crippen molar-refractivity contribution < 1.29 is 9.53 Å². The van der Waals surface area contributed by atoms with E-state index in [9.17, 15) is 4.79 Å². The number of hydrogen-bond donors (Lipinski definition) is 1. The van der Waals surface area contributed by atoms with Gasteiger partial charge in [-0.25, -0.2) is 0 Å². The minimum absolute atomic E-state index is 0.0184. The second-order valence-corrected chi connectivity index (χ2v) is 6.16. The number of nitrogens with one attached hydrogen (secondary N) is 1. The molecule has 1 saturated carbocycles. The number of hydrogen-bond acceptors (Lipinski definition) is 2. The Morgan fingerprint density at radius 1 is 1.20 bits per heavy atom. The Bertz CT molecular complexity index is 413. The van der Waals surface area contributed by atoms with E-state index in [4.69, 9.17) is 4.74 Å². The van der Waals surface area contributed by atoms with Gasteiger partial charge in [0.15, 0.2) is 0 Å². The molecule has 1 aromatic carbocycles. The molecule has 2 rings (SSSR count). The van der Waals surface area contributed by atoms with Crippen LogP contribution in [0.1, 0.15) is 48.9 Å². The zero-order valence-corrected chi connectivity index (χ0v) is 13.3. The summed E-state index contributed by atoms with van der Waals surface area (Å²) in [5.74, 6) is -0.0184. The van der Waals surface area contributed by atoms with Gasteiger partial charge < -0.3 is 10.1 Å². The quantitative estimate of drug-likeness (QED) is 0.797. The molecular formula is C16H22BrNO2. The molecule has 1 N–H and O–H groups in total. The maximum atomic E-state index is 11.9. The molecule has 110 valence electrons. The van der Waals surface area contributed by atoms with Crippen LogP contribution in [0, 0.1) is 0 Å². The molecule has 0 saturated heterocycles. The zero-order valence-electron chi connectivity index (χ0n) is 11.7. The van der Waals surface area contributed by atoms with E-state index in [0.29, 0.717) is 18.2 Å². The van der Waals surface area contributed by atoms with E-state index in [0.717, 1.165) is 17.5 Å². The zero-order chi connectivity index (χ0) is 14.2. The van der Waals surface area contributed by atoms with Gasteiger partial charge in [0.1, 0.15) is 0 Å². The molecule has 0 unspecified atom stereocenters. The van der Waals surface area contributed by atoms with Gasteiger partial charge in [0.25, 0.3) is 5.91 Å². The minimum atomic E-state index is -0.0184. The SMILES string of the molecule is O=C(NCCCOC1CCCCC1)c1ccc(Br)cc1. The van der Waals surface area contributed by atoms with Crippen molar-refractivity contribution in [3.8, 4) is 0 Å². The van der Waals surface area contributed by atoms with Crippen molar-refractivity contribution in [1.82, 2.24) is 5.32 Å². The average molecular weight is 340 g/mol. The highest BCUT2D eigenvalue weighted by molar-refractivity contribution is 9.10. The van der Waals surface area contributed by atoms with Crippen LogP contribution in [0.4, 0.5) is 0 Å². The van der Waals surface area contributed by atoms with Crippen LogP contribution >= 0.6 is 15.9 Å². The Morgan fingerprint density at radius 2 is 1.90 bits per heavy atom. The highest BCUT2D eigenvalue weighted by atomic mass is 79.9. The molecule has 1 fully saturated rings. The first-order chi connectivity index (χ1) is 9.75. The number of rotatable bonds is 6. The lowest BCUT2D eigenvalue weighted by Gasteiger charge is -2.21. The van der Waals surface area contributed by atoms with Crippen LogP contribution < -0.4 is 5.32 Å². The third kappa shape index (κ3) is 5.25. The van der Waals surface area contributed by atoms with Gasteiger partial charge in [-0.3, -0.25) is 4.79 Å². The van der Waals surface area contributed by atoms with Crippen LogP contribution in [-0.2, 0) is 4.74 Å². The first kappa shape index (κ1) is 15.5. The summed E-state index contributed by atoms with van der Waals surface area (Å²) in [5.41, 5.74) is 0.696. The van der Waals surface area contributed by atoms with Gasteiger partial charge in [-0.15, -0.1) is 0 Å². The minimum Gasteiger partial charge on any atom is -0.378 e. The van der Waals surface area contributed by atoms with Gasteiger partial charge in [0.2, 0.25) is 0 Å². The Labute approximate surface area is 129 Å². The molecule has 0 heterocycles. The number of amides is 1. The fourth-order valence-corrected chi connectivity index (χ4v) is 2.72. The van der Waals surface area contributed by atoms with E-state index in [1.807, 2.05) is 24.3 Å². The van der Waals surface area contributed by atoms with E-state index in [1.54, 1.807) is 0 Å². The second-order valence-electron chi connectivity index (χ2n) is 5.25. The average Bonchev–Trinajstić information content (AvgIpc) is 2.48. The fourth-order valence-electron chi connectivity index (χ4n) is 2.46. The second kappa shape index (κ2) is 8.42. The number of carbonyl (C=O) groups excluding carboxylic acids is 1. The molecule has 4 heteroatoms. The number of carbonyl (C=O) groups is 1. The van der Waals surface area contributed by atoms with Crippen molar-refractivity contribution in [2.24, 2.45) is 0 Å². The molecule has 1 aliphatic carbocycles. The summed E-state index contributed by atoms with van der Waals surface area (Å²) in [6, 6.07) is 7.39. The highest BCUT2D eigenvalue weighted by Gasteiger charge is 2.13. The molecule has 0 aromatic heterocycles. The molecule has 0 aliphatic heterocycles. The molecule has 1 amide bonds. The smallest absolute Gasteiger partial charge is 0.251 e. The predicted molar refractivity (Wildman–Crippen MR) is 83.9 cm³/mol. The Balaban J connectivity index is 1.58. The molecule has 3 nitrogen and oxygen atoms in total. The summed E-state index contributed by atoms with van der Waals surface area (Å²) in [4.78, 5) is 11.9. The van der Waals surface area contributed by atoms with Crippen LogP contribution in [-0.4, -0.2) is 25.2 Å². The van der Waals surface area contributed by atoms with E-state index in [1.165, 1.54) is 32.1 Å². The van der Waals surface area contributed by atoms with Crippen molar-refractivity contribution in [2.75, 3.05) is 13.2 Å². The molecular weight excluding hydrogens is 318 g/mol. The van der Waals surface area contributed by atoms with Crippen LogP contribution in [0.25, 0.3) is 0 Å². The first-order valence-electron chi connectivity index (χ1n) is 7.41. The van der Waals surface area contributed by atoms with Crippen molar-refractivity contribution in [3.05, 3.63) is 34.3 Å². The third-order valence-electron chi connectivity index (χ3n) is 3.62. The summed E-state index contributed by atoms with van der Waals surface area (Å²) in [7, 11) is 0. The molecule has 1 aliphatic rings. The number of halogens is 1. The lowest BCUT2D eigenvalue weighted by Crippen LogP contribution is -2.26. The summed E-state index contributed by atoms with van der Waals surface area (Å²) < 4.78 is 6.81. The topological polar surface area (TPSA) is 38.3 Å². The van der Waals surface area contributed by atoms with E-state index in [2.05, 4.69) is 21.2 Å². The molecule has 0 spiro atoms. The molecule has 0 bridgehead atoms. The lowest BCUT2D eigenvalue weighted by atomic mass is 9.98. The first-order valence-corrected chi connectivity index (χ1v) is 8.20. The van der Waals surface area contributed by atoms with Crippen molar-refractivity contribution >= 4 is 21.8 Å². The van der Waals surface area contributed by atoms with Crippen LogP contribution in [0.2, 0.25) is 0 Å². The van der Waals surface area contributed by atoms with E-state index in [-0.39, 0.29) is 5.91 Å². The Kier molecular flexibility index (Phi) is 6.54. The molecule has 20 heavy (non-hydrogen) atoms. The predicted octanol–water partition coefficient (Wildman–Crippen LogP) is 3.92. The van der Waals surface area contributed by atoms with Crippen LogP contribution in [0.3, 0.4) is 0 Å². The van der Waals surface area contributed by atoms with Gasteiger partial charge in [0, 0.05) is 23.2 Å². The summed E-state index contributed by atoms with van der Waals surface area (Å²) in [6.07, 6.45) is 7.67. The summed E-state index contributed by atoms with van der Waals surface area (Å²) in [5, 5.41) is 2.92. The van der Waals surface area contributed by atoms with Gasteiger partial charge >= 0.3 is 0 Å². The maximum Gasteiger partial charge on any atom is 0.251 e. The van der Waals surface area contributed by atoms with Gasteiger partial charge in [-0.2, -0.15) is 0 Å². The Morgan fingerprint density at radius 3 is 2.60 bits per heavy atom. The Hall–Kier alpha value is -0.870. The largest absolute Gasteiger partial charge is 0.378 e. The van der Waals surface area contributed by atoms with Crippen molar-refractivity contribution in [2.45, 2.75) is 44.6 Å². The molecule has 1 aromatic rings. The maximum absolute atomic E-state index is 11.9.